The van der Waals surface area contributed by atoms with Gasteiger partial charge < -0.3 is 19.2 Å². The summed E-state index contributed by atoms with van der Waals surface area (Å²) in [6.07, 6.45) is 2.48. The molecule has 0 spiro atoms. The van der Waals surface area contributed by atoms with Crippen LogP contribution >= 0.6 is 0 Å². The second kappa shape index (κ2) is 8.22. The minimum atomic E-state index is -2.07. The average Bonchev–Trinajstić information content (AvgIpc) is 2.94. The molecule has 152 valence electrons. The van der Waals surface area contributed by atoms with Gasteiger partial charge in [-0.05, 0) is 24.2 Å². The molecular weight excluding hydrogens is 364 g/mol. The summed E-state index contributed by atoms with van der Waals surface area (Å²) in [4.78, 5) is 22.5. The molecule has 1 aliphatic heterocycles. The number of nitrogens with zero attached hydrogens (tertiary/aromatic N) is 4. The molecule has 0 aromatic carbocycles. The van der Waals surface area contributed by atoms with Gasteiger partial charge in [0.15, 0.2) is 20.4 Å². The van der Waals surface area contributed by atoms with E-state index >= 15 is 0 Å². The maximum Gasteiger partial charge on any atom is 0.351 e. The van der Waals surface area contributed by atoms with Crippen molar-refractivity contribution in [1.82, 2.24) is 14.5 Å². The third-order valence-corrected chi connectivity index (χ3v) is 9.62. The van der Waals surface area contributed by atoms with Crippen molar-refractivity contribution in [1.29, 1.82) is 0 Å². The molecule has 0 saturated carbocycles. The highest BCUT2D eigenvalue weighted by atomic mass is 28.4. The second-order valence-corrected chi connectivity index (χ2v) is 13.4. The summed E-state index contributed by atoms with van der Waals surface area (Å²) in [6, 6.07) is 1.67. The van der Waals surface area contributed by atoms with Crippen LogP contribution in [0.5, 0.6) is 0 Å². The van der Waals surface area contributed by atoms with E-state index in [1.54, 1.807) is 23.5 Å². The third kappa shape index (κ3) is 5.25. The van der Waals surface area contributed by atoms with Gasteiger partial charge in [-0.2, -0.15) is 4.98 Å². The Bertz CT molecular complexity index is 727. The Morgan fingerprint density at radius 3 is 2.67 bits per heavy atom. The van der Waals surface area contributed by atoms with Crippen LogP contribution in [0.1, 0.15) is 33.4 Å². The summed E-state index contributed by atoms with van der Waals surface area (Å²) in [5.41, 5.74) is -0.448. The molecule has 27 heavy (non-hydrogen) atoms. The highest BCUT2D eigenvalue weighted by Gasteiger charge is 2.45. The van der Waals surface area contributed by atoms with Crippen LogP contribution in [-0.2, 0) is 9.16 Å². The van der Waals surface area contributed by atoms with Crippen LogP contribution in [0, 0.1) is 0 Å². The van der Waals surface area contributed by atoms with Crippen LogP contribution in [0.3, 0.4) is 0 Å². The van der Waals surface area contributed by atoms with Crippen molar-refractivity contribution in [3.63, 3.8) is 0 Å². The molecule has 9 heteroatoms. The fourth-order valence-electron chi connectivity index (χ4n) is 2.58. The molecule has 0 radical (unpaired) electrons. The number of aliphatic hydroxyl groups excluding tert-OH is 1. The molecule has 0 bridgehead atoms. The summed E-state index contributed by atoms with van der Waals surface area (Å²) in [6.45, 7) is 10.7. The summed E-state index contributed by atoms with van der Waals surface area (Å²) >= 11 is 0. The Balaban J connectivity index is 2.29. The lowest BCUT2D eigenvalue weighted by molar-refractivity contribution is -0.0502. The van der Waals surface area contributed by atoms with Crippen molar-refractivity contribution >= 4 is 20.5 Å². The number of hydrogen-bond acceptors (Lipinski definition) is 6. The molecule has 2 rings (SSSR count). The molecule has 0 amide bonds. The van der Waals surface area contributed by atoms with Gasteiger partial charge in [0.1, 0.15) is 0 Å². The monoisotopic (exact) mass is 396 g/mol. The first-order valence-corrected chi connectivity index (χ1v) is 12.1. The number of hydrogen-bond donors (Lipinski definition) is 1. The topological polar surface area (TPSA) is 89.2 Å². The number of aromatic nitrogens is 2. The van der Waals surface area contributed by atoms with Gasteiger partial charge in [0, 0.05) is 26.7 Å². The summed E-state index contributed by atoms with van der Waals surface area (Å²) in [7, 11) is 1.62. The molecule has 1 unspecified atom stereocenters. The first-order chi connectivity index (χ1) is 12.4. The predicted molar refractivity (Wildman–Crippen MR) is 108 cm³/mol. The normalized spacial score (nSPS) is 23.9. The maximum atomic E-state index is 12.6. The van der Waals surface area contributed by atoms with Gasteiger partial charge in [-0.25, -0.2) is 9.79 Å². The Kier molecular flexibility index (Phi) is 6.62. The van der Waals surface area contributed by atoms with Gasteiger partial charge in [0.2, 0.25) is 0 Å². The Labute approximate surface area is 162 Å². The van der Waals surface area contributed by atoms with Crippen molar-refractivity contribution in [3.05, 3.63) is 22.7 Å². The number of ether oxygens (including phenoxy) is 1. The minimum Gasteiger partial charge on any atom is -0.409 e. The molecule has 0 aliphatic carbocycles. The Hall–Kier alpha value is -1.55. The van der Waals surface area contributed by atoms with Crippen LogP contribution in [0.2, 0.25) is 18.1 Å². The molecule has 1 fully saturated rings. The molecule has 1 N–H and O–H groups in total. The molecular formula is C18H32N4O4Si. The Morgan fingerprint density at radius 1 is 1.48 bits per heavy atom. The van der Waals surface area contributed by atoms with E-state index < -0.39 is 20.2 Å². The van der Waals surface area contributed by atoms with Crippen molar-refractivity contribution < 1.29 is 14.3 Å². The van der Waals surface area contributed by atoms with Crippen molar-refractivity contribution in [2.45, 2.75) is 63.8 Å². The summed E-state index contributed by atoms with van der Waals surface area (Å²) in [5, 5.41) is 9.58. The fraction of sp³-hybridized carbons (Fsp3) is 0.722. The highest BCUT2D eigenvalue weighted by molar-refractivity contribution is 6.74. The van der Waals surface area contributed by atoms with Gasteiger partial charge in [-0.3, -0.25) is 4.57 Å². The second-order valence-electron chi connectivity index (χ2n) is 8.67. The van der Waals surface area contributed by atoms with E-state index in [4.69, 9.17) is 9.16 Å². The molecule has 1 aliphatic rings. The minimum absolute atomic E-state index is 0.0306. The number of aliphatic imine (C=N–C) groups is 1. The standard InChI is InChI=1S/C18H32N4O4Si/c1-18(2,3)27(6,7)26-14-10-13(11-23)25-16(14)22-9-8-15(20-17(22)24)19-12-21(4)5/h8-9,12-14,16,23H,10-11H2,1-7H3/t13?,14-,16+/m0/s1. The largest absolute Gasteiger partial charge is 0.409 e. The van der Waals surface area contributed by atoms with Gasteiger partial charge in [-0.15, -0.1) is 0 Å². The van der Waals surface area contributed by atoms with Crippen molar-refractivity contribution in [3.8, 4) is 0 Å². The van der Waals surface area contributed by atoms with Gasteiger partial charge in [0.25, 0.3) is 0 Å². The summed E-state index contributed by atoms with van der Waals surface area (Å²) in [5.74, 6) is 0.337. The zero-order valence-corrected chi connectivity index (χ0v) is 18.3. The first kappa shape index (κ1) is 21.7. The first-order valence-electron chi connectivity index (χ1n) is 9.18. The van der Waals surface area contributed by atoms with E-state index in [1.165, 1.54) is 4.57 Å². The van der Waals surface area contributed by atoms with Crippen LogP contribution in [-0.4, -0.2) is 67.1 Å². The van der Waals surface area contributed by atoms with E-state index in [0.717, 1.165) is 0 Å². The average molecular weight is 397 g/mol. The third-order valence-electron chi connectivity index (χ3n) is 5.11. The smallest absolute Gasteiger partial charge is 0.351 e. The maximum absolute atomic E-state index is 12.6. The Morgan fingerprint density at radius 2 is 2.15 bits per heavy atom. The molecule has 2 heterocycles. The molecule has 3 atom stereocenters. The predicted octanol–water partition coefficient (Wildman–Crippen LogP) is 2.13. The van der Waals surface area contributed by atoms with Crippen LogP contribution in [0.25, 0.3) is 0 Å². The lowest BCUT2D eigenvalue weighted by Gasteiger charge is -2.39. The quantitative estimate of drug-likeness (QED) is 0.450. The molecule has 8 nitrogen and oxygen atoms in total. The van der Waals surface area contributed by atoms with Gasteiger partial charge >= 0.3 is 5.69 Å². The van der Waals surface area contributed by atoms with E-state index in [2.05, 4.69) is 43.8 Å². The zero-order valence-electron chi connectivity index (χ0n) is 17.3. The number of aliphatic hydroxyl groups is 1. The van der Waals surface area contributed by atoms with Crippen molar-refractivity contribution in [2.75, 3.05) is 20.7 Å². The highest BCUT2D eigenvalue weighted by Crippen LogP contribution is 2.41. The lowest BCUT2D eigenvalue weighted by atomic mass is 10.2. The van der Waals surface area contributed by atoms with E-state index in [0.29, 0.717) is 12.2 Å². The van der Waals surface area contributed by atoms with Crippen LogP contribution in [0.4, 0.5) is 5.82 Å². The van der Waals surface area contributed by atoms with Gasteiger partial charge in [-0.1, -0.05) is 20.8 Å². The van der Waals surface area contributed by atoms with E-state index in [1.807, 2.05) is 14.1 Å². The van der Waals surface area contributed by atoms with E-state index in [9.17, 15) is 9.90 Å². The molecule has 1 aromatic rings. The summed E-state index contributed by atoms with van der Waals surface area (Å²) < 4.78 is 13.8. The molecule has 1 aromatic heterocycles. The number of rotatable bonds is 6. The van der Waals surface area contributed by atoms with Crippen LogP contribution in [0.15, 0.2) is 22.1 Å². The lowest BCUT2D eigenvalue weighted by Crippen LogP contribution is -2.46. The fourth-order valence-corrected chi connectivity index (χ4v) is 3.91. The van der Waals surface area contributed by atoms with Crippen molar-refractivity contribution in [2.24, 2.45) is 4.99 Å². The zero-order chi connectivity index (χ0) is 20.4. The van der Waals surface area contributed by atoms with Gasteiger partial charge in [0.05, 0.1) is 25.2 Å². The van der Waals surface area contributed by atoms with E-state index in [-0.39, 0.29) is 23.9 Å². The van der Waals surface area contributed by atoms with Crippen LogP contribution < -0.4 is 5.69 Å². The molecule has 1 saturated heterocycles. The SMILES string of the molecule is CN(C)C=Nc1ccn([C@@H]2OC(CO)C[C@@H]2O[Si](C)(C)C(C)(C)C)c(=O)n1.